The Hall–Kier alpha value is -2.45. The summed E-state index contributed by atoms with van der Waals surface area (Å²) in [6, 6.07) is 0. The molecule has 1 aliphatic heterocycles. The second-order valence-electron chi connectivity index (χ2n) is 4.72. The van der Waals surface area contributed by atoms with Gasteiger partial charge in [0.1, 0.15) is 0 Å². The molecule has 9 nitrogen and oxygen atoms in total. The van der Waals surface area contributed by atoms with Gasteiger partial charge in [0, 0.05) is 39.5 Å². The number of aromatic nitrogens is 1. The Morgan fingerprint density at radius 2 is 1.86 bits per heavy atom. The molecule has 0 aliphatic carbocycles. The van der Waals surface area contributed by atoms with Gasteiger partial charge in [0.2, 0.25) is 17.4 Å². The van der Waals surface area contributed by atoms with Crippen molar-refractivity contribution in [2.24, 2.45) is 0 Å². The molecule has 0 bridgehead atoms. The van der Waals surface area contributed by atoms with Crippen LogP contribution in [0.1, 0.15) is 29.6 Å². The third kappa shape index (κ3) is 2.86. The molecule has 9 heteroatoms. The Bertz CT molecular complexity index is 574. The minimum absolute atomic E-state index is 0.00291. The molecule has 114 valence electrons. The Kier molecular flexibility index (Phi) is 4.20. The van der Waals surface area contributed by atoms with Crippen LogP contribution in [-0.4, -0.2) is 57.9 Å². The SMILES string of the molecule is CCC(=O)N1CCN(C(=O)c2noc(C)c2[N+](=O)[O-])CC1. The summed E-state index contributed by atoms with van der Waals surface area (Å²) in [4.78, 5) is 37.2. The van der Waals surface area contributed by atoms with E-state index >= 15 is 0 Å². The normalized spacial score (nSPS) is 15.1. The van der Waals surface area contributed by atoms with E-state index in [2.05, 4.69) is 5.16 Å². The molecule has 0 saturated carbocycles. The summed E-state index contributed by atoms with van der Waals surface area (Å²) in [5.74, 6) is -0.504. The van der Waals surface area contributed by atoms with Crippen molar-refractivity contribution in [1.82, 2.24) is 15.0 Å². The third-order valence-corrected chi connectivity index (χ3v) is 3.44. The molecule has 2 amide bonds. The fourth-order valence-corrected chi connectivity index (χ4v) is 2.25. The third-order valence-electron chi connectivity index (χ3n) is 3.44. The highest BCUT2D eigenvalue weighted by atomic mass is 16.6. The van der Waals surface area contributed by atoms with E-state index in [9.17, 15) is 19.7 Å². The van der Waals surface area contributed by atoms with Crippen molar-refractivity contribution in [1.29, 1.82) is 0 Å². The first-order valence-corrected chi connectivity index (χ1v) is 6.63. The maximum absolute atomic E-state index is 12.3. The first-order chi connectivity index (χ1) is 9.95. The number of hydrogen-bond donors (Lipinski definition) is 0. The number of rotatable bonds is 3. The fourth-order valence-electron chi connectivity index (χ4n) is 2.25. The molecule has 1 aliphatic rings. The first kappa shape index (κ1) is 14.9. The van der Waals surface area contributed by atoms with Crippen LogP contribution in [-0.2, 0) is 4.79 Å². The lowest BCUT2D eigenvalue weighted by atomic mass is 10.2. The van der Waals surface area contributed by atoms with Gasteiger partial charge in [-0.3, -0.25) is 19.7 Å². The van der Waals surface area contributed by atoms with Gasteiger partial charge in [-0.25, -0.2) is 0 Å². The minimum atomic E-state index is -0.671. The van der Waals surface area contributed by atoms with Crippen LogP contribution in [0.5, 0.6) is 0 Å². The lowest BCUT2D eigenvalue weighted by Gasteiger charge is -2.34. The number of aryl methyl sites for hydroxylation is 1. The summed E-state index contributed by atoms with van der Waals surface area (Å²) < 4.78 is 4.74. The second-order valence-corrected chi connectivity index (χ2v) is 4.72. The molecule has 0 N–H and O–H groups in total. The van der Waals surface area contributed by atoms with Gasteiger partial charge in [0.25, 0.3) is 5.91 Å². The highest BCUT2D eigenvalue weighted by Crippen LogP contribution is 2.24. The molecule has 2 heterocycles. The molecule has 0 unspecified atom stereocenters. The van der Waals surface area contributed by atoms with E-state index in [1.807, 2.05) is 0 Å². The van der Waals surface area contributed by atoms with Crippen LogP contribution in [0, 0.1) is 17.0 Å². The fraction of sp³-hybridized carbons (Fsp3) is 0.583. The van der Waals surface area contributed by atoms with E-state index in [1.165, 1.54) is 11.8 Å². The lowest BCUT2D eigenvalue weighted by molar-refractivity contribution is -0.386. The number of carbonyl (C=O) groups excluding carboxylic acids is 2. The summed E-state index contributed by atoms with van der Waals surface area (Å²) in [5.41, 5.74) is -0.681. The smallest absolute Gasteiger partial charge is 0.344 e. The highest BCUT2D eigenvalue weighted by Gasteiger charge is 2.34. The van der Waals surface area contributed by atoms with Crippen LogP contribution < -0.4 is 0 Å². The number of hydrogen-bond acceptors (Lipinski definition) is 6. The summed E-state index contributed by atoms with van der Waals surface area (Å²) in [6.45, 7) is 4.66. The number of nitrogens with zero attached hydrogens (tertiary/aromatic N) is 4. The Labute approximate surface area is 120 Å². The van der Waals surface area contributed by atoms with Gasteiger partial charge in [-0.2, -0.15) is 0 Å². The zero-order chi connectivity index (χ0) is 15.6. The maximum atomic E-state index is 12.3. The van der Waals surface area contributed by atoms with E-state index in [1.54, 1.807) is 11.8 Å². The predicted molar refractivity (Wildman–Crippen MR) is 70.7 cm³/mol. The van der Waals surface area contributed by atoms with Crippen LogP contribution in [0.4, 0.5) is 5.69 Å². The molecule has 0 aromatic carbocycles. The van der Waals surface area contributed by atoms with Crippen LogP contribution in [0.3, 0.4) is 0 Å². The summed E-state index contributed by atoms with van der Waals surface area (Å²) in [6.07, 6.45) is 0.419. The molecule has 1 aromatic rings. The zero-order valence-corrected chi connectivity index (χ0v) is 11.9. The maximum Gasteiger partial charge on any atom is 0.344 e. The van der Waals surface area contributed by atoms with E-state index in [-0.39, 0.29) is 17.4 Å². The average molecular weight is 296 g/mol. The zero-order valence-electron chi connectivity index (χ0n) is 11.9. The Morgan fingerprint density at radius 3 is 2.38 bits per heavy atom. The van der Waals surface area contributed by atoms with Crippen molar-refractivity contribution in [3.8, 4) is 0 Å². The Balaban J connectivity index is 2.09. The largest absolute Gasteiger partial charge is 0.353 e. The van der Waals surface area contributed by atoms with Gasteiger partial charge in [-0.15, -0.1) is 0 Å². The minimum Gasteiger partial charge on any atom is -0.353 e. The van der Waals surface area contributed by atoms with Crippen molar-refractivity contribution in [3.05, 3.63) is 21.6 Å². The van der Waals surface area contributed by atoms with Gasteiger partial charge in [0.05, 0.1) is 4.92 Å². The van der Waals surface area contributed by atoms with Gasteiger partial charge in [-0.1, -0.05) is 12.1 Å². The van der Waals surface area contributed by atoms with Crippen molar-refractivity contribution >= 4 is 17.5 Å². The number of piperazine rings is 1. The molecule has 0 radical (unpaired) electrons. The van der Waals surface area contributed by atoms with Crippen molar-refractivity contribution < 1.29 is 19.0 Å². The van der Waals surface area contributed by atoms with Crippen LogP contribution >= 0.6 is 0 Å². The Morgan fingerprint density at radius 1 is 1.29 bits per heavy atom. The summed E-state index contributed by atoms with van der Waals surface area (Å²) in [5, 5.41) is 14.4. The van der Waals surface area contributed by atoms with Crippen LogP contribution in [0.25, 0.3) is 0 Å². The molecule has 1 fully saturated rings. The van der Waals surface area contributed by atoms with Gasteiger partial charge in [-0.05, 0) is 0 Å². The van der Waals surface area contributed by atoms with E-state index in [4.69, 9.17) is 4.52 Å². The monoisotopic (exact) mass is 296 g/mol. The van der Waals surface area contributed by atoms with Crippen LogP contribution in [0.15, 0.2) is 4.52 Å². The van der Waals surface area contributed by atoms with E-state index < -0.39 is 16.5 Å². The highest BCUT2D eigenvalue weighted by molar-refractivity contribution is 5.96. The predicted octanol–water partition coefficient (Wildman–Crippen LogP) is 0.586. The van der Waals surface area contributed by atoms with E-state index in [0.717, 1.165) is 0 Å². The second kappa shape index (κ2) is 5.90. The average Bonchev–Trinajstić information content (AvgIpc) is 2.87. The molecule has 1 aromatic heterocycles. The number of amides is 2. The van der Waals surface area contributed by atoms with Crippen LogP contribution in [0.2, 0.25) is 0 Å². The van der Waals surface area contributed by atoms with Gasteiger partial charge < -0.3 is 14.3 Å². The summed E-state index contributed by atoms with van der Waals surface area (Å²) >= 11 is 0. The molecule has 1 saturated heterocycles. The number of nitro groups is 1. The topological polar surface area (TPSA) is 110 Å². The first-order valence-electron chi connectivity index (χ1n) is 6.63. The molecular weight excluding hydrogens is 280 g/mol. The van der Waals surface area contributed by atoms with Crippen molar-refractivity contribution in [3.63, 3.8) is 0 Å². The summed E-state index contributed by atoms with van der Waals surface area (Å²) in [7, 11) is 0. The molecule has 0 spiro atoms. The molecule has 0 atom stereocenters. The lowest BCUT2D eigenvalue weighted by Crippen LogP contribution is -2.50. The molecule has 21 heavy (non-hydrogen) atoms. The van der Waals surface area contributed by atoms with Crippen molar-refractivity contribution in [2.45, 2.75) is 20.3 Å². The number of carbonyl (C=O) groups is 2. The van der Waals surface area contributed by atoms with Gasteiger partial charge in [0.15, 0.2) is 0 Å². The van der Waals surface area contributed by atoms with Crippen molar-refractivity contribution in [2.75, 3.05) is 26.2 Å². The van der Waals surface area contributed by atoms with E-state index in [0.29, 0.717) is 32.6 Å². The van der Waals surface area contributed by atoms with Gasteiger partial charge >= 0.3 is 5.69 Å². The quantitative estimate of drug-likeness (QED) is 0.596. The molecular formula is C12H16N4O5. The molecule has 2 rings (SSSR count). The standard InChI is InChI=1S/C12H16N4O5/c1-3-9(17)14-4-6-15(7-5-14)12(18)10-11(16(19)20)8(2)21-13-10/h3-7H2,1-2H3.